The summed E-state index contributed by atoms with van der Waals surface area (Å²) in [7, 11) is -2.88. The highest BCUT2D eigenvalue weighted by molar-refractivity contribution is 7.91. The van der Waals surface area contributed by atoms with Crippen LogP contribution in [0.25, 0.3) is 0 Å². The van der Waals surface area contributed by atoms with Crippen molar-refractivity contribution in [3.05, 3.63) is 0 Å². The molecule has 88 valence electrons. The van der Waals surface area contributed by atoms with Gasteiger partial charge in [-0.25, -0.2) is 8.42 Å². The largest absolute Gasteiger partial charge is 0.325 e. The minimum Gasteiger partial charge on any atom is -0.325 e. The summed E-state index contributed by atoms with van der Waals surface area (Å²) in [6.45, 7) is 4.24. The first kappa shape index (κ1) is 11.4. The Kier molecular flexibility index (Phi) is 3.05. The second-order valence-electron chi connectivity index (χ2n) is 5.05. The average molecular weight is 232 g/mol. The molecule has 0 aromatic heterocycles. The van der Waals surface area contributed by atoms with Crippen molar-refractivity contribution < 1.29 is 8.42 Å². The molecule has 3 unspecified atom stereocenters. The standard InChI is InChI=1S/C10H20N2O2S/c1-8-3-2-4-12(5-8)10-7-15(13,14)6-9(10)11/h8-10H,2-7,11H2,1H3. The van der Waals surface area contributed by atoms with Crippen molar-refractivity contribution in [3.63, 3.8) is 0 Å². The molecular formula is C10H20N2O2S. The number of nitrogens with two attached hydrogens (primary N) is 1. The number of nitrogens with zero attached hydrogens (tertiary/aromatic N) is 1. The van der Waals surface area contributed by atoms with E-state index in [1.807, 2.05) is 0 Å². The summed E-state index contributed by atoms with van der Waals surface area (Å²) < 4.78 is 22.9. The van der Waals surface area contributed by atoms with E-state index < -0.39 is 9.84 Å². The van der Waals surface area contributed by atoms with Gasteiger partial charge in [0.2, 0.25) is 0 Å². The topological polar surface area (TPSA) is 63.4 Å². The molecule has 2 N–H and O–H groups in total. The van der Waals surface area contributed by atoms with E-state index in [4.69, 9.17) is 5.73 Å². The maximum absolute atomic E-state index is 11.5. The van der Waals surface area contributed by atoms with Gasteiger partial charge in [0.05, 0.1) is 11.5 Å². The normalized spacial score (nSPS) is 41.9. The van der Waals surface area contributed by atoms with E-state index >= 15 is 0 Å². The maximum atomic E-state index is 11.5. The monoisotopic (exact) mass is 232 g/mol. The minimum absolute atomic E-state index is 0.0674. The van der Waals surface area contributed by atoms with Gasteiger partial charge in [0.25, 0.3) is 0 Å². The number of hydrogen-bond donors (Lipinski definition) is 1. The lowest BCUT2D eigenvalue weighted by Crippen LogP contribution is -2.50. The molecule has 0 saturated carbocycles. The van der Waals surface area contributed by atoms with Crippen LogP contribution in [0, 0.1) is 5.92 Å². The molecule has 15 heavy (non-hydrogen) atoms. The van der Waals surface area contributed by atoms with Crippen LogP contribution >= 0.6 is 0 Å². The number of rotatable bonds is 1. The molecule has 3 atom stereocenters. The van der Waals surface area contributed by atoms with Crippen LogP contribution in [0.1, 0.15) is 19.8 Å². The first-order valence-electron chi connectivity index (χ1n) is 5.68. The predicted molar refractivity (Wildman–Crippen MR) is 60.4 cm³/mol. The first-order valence-corrected chi connectivity index (χ1v) is 7.50. The van der Waals surface area contributed by atoms with Crippen LogP contribution in [0.4, 0.5) is 0 Å². The van der Waals surface area contributed by atoms with Gasteiger partial charge in [-0.2, -0.15) is 0 Å². The molecule has 2 rings (SSSR count). The SMILES string of the molecule is CC1CCCN(C2CS(=O)(=O)CC2N)C1. The van der Waals surface area contributed by atoms with Crippen molar-refractivity contribution in [1.29, 1.82) is 0 Å². The van der Waals surface area contributed by atoms with Crippen LogP contribution in [-0.4, -0.2) is 50.0 Å². The van der Waals surface area contributed by atoms with Crippen LogP contribution in [0.15, 0.2) is 0 Å². The van der Waals surface area contributed by atoms with Crippen LogP contribution in [0.5, 0.6) is 0 Å². The van der Waals surface area contributed by atoms with Crippen LogP contribution < -0.4 is 5.73 Å². The van der Waals surface area contributed by atoms with Gasteiger partial charge >= 0.3 is 0 Å². The zero-order valence-corrected chi connectivity index (χ0v) is 10.0. The fourth-order valence-electron chi connectivity index (χ4n) is 2.76. The molecule has 5 heteroatoms. The van der Waals surface area contributed by atoms with Crippen LogP contribution in [0.3, 0.4) is 0 Å². The Hall–Kier alpha value is -0.130. The van der Waals surface area contributed by atoms with Gasteiger partial charge in [-0.15, -0.1) is 0 Å². The fraction of sp³-hybridized carbons (Fsp3) is 1.00. The second kappa shape index (κ2) is 4.03. The summed E-state index contributed by atoms with van der Waals surface area (Å²) in [5.74, 6) is 1.11. The zero-order chi connectivity index (χ0) is 11.1. The number of likely N-dealkylation sites (tertiary alicyclic amines) is 1. The molecule has 4 nitrogen and oxygen atoms in total. The van der Waals surface area contributed by atoms with Crippen molar-refractivity contribution in [1.82, 2.24) is 4.90 Å². The highest BCUT2D eigenvalue weighted by Gasteiger charge is 2.39. The van der Waals surface area contributed by atoms with Crippen LogP contribution in [0.2, 0.25) is 0 Å². The molecule has 2 saturated heterocycles. The van der Waals surface area contributed by atoms with E-state index in [0.717, 1.165) is 13.1 Å². The van der Waals surface area contributed by atoms with Crippen molar-refractivity contribution in [2.75, 3.05) is 24.6 Å². The van der Waals surface area contributed by atoms with E-state index in [1.165, 1.54) is 12.8 Å². The van der Waals surface area contributed by atoms with Gasteiger partial charge < -0.3 is 5.73 Å². The van der Waals surface area contributed by atoms with Crippen molar-refractivity contribution in [3.8, 4) is 0 Å². The highest BCUT2D eigenvalue weighted by atomic mass is 32.2. The smallest absolute Gasteiger partial charge is 0.153 e. The lowest BCUT2D eigenvalue weighted by atomic mass is 9.97. The van der Waals surface area contributed by atoms with Crippen LogP contribution in [-0.2, 0) is 9.84 Å². The van der Waals surface area contributed by atoms with Gasteiger partial charge in [-0.1, -0.05) is 6.92 Å². The Morgan fingerprint density at radius 1 is 1.33 bits per heavy atom. The summed E-state index contributed by atoms with van der Waals surface area (Å²) in [6, 6.07) is -0.113. The third-order valence-corrected chi connectivity index (χ3v) is 5.26. The molecule has 0 bridgehead atoms. The highest BCUT2D eigenvalue weighted by Crippen LogP contribution is 2.23. The summed E-state index contributed by atoms with van der Waals surface area (Å²) in [5, 5.41) is 0. The van der Waals surface area contributed by atoms with E-state index in [0.29, 0.717) is 5.92 Å². The molecule has 2 aliphatic rings. The third kappa shape index (κ3) is 2.52. The molecule has 0 spiro atoms. The Morgan fingerprint density at radius 3 is 2.60 bits per heavy atom. The molecule has 0 amide bonds. The Labute approximate surface area is 91.7 Å². The molecule has 2 fully saturated rings. The van der Waals surface area contributed by atoms with Crippen molar-refractivity contribution >= 4 is 9.84 Å². The summed E-state index contributed by atoms with van der Waals surface area (Å²) in [4.78, 5) is 2.28. The lowest BCUT2D eigenvalue weighted by molar-refractivity contribution is 0.132. The van der Waals surface area contributed by atoms with E-state index in [1.54, 1.807) is 0 Å². The number of piperidine rings is 1. The molecule has 0 aromatic carbocycles. The maximum Gasteiger partial charge on any atom is 0.153 e. The van der Waals surface area contributed by atoms with Gasteiger partial charge in [0.15, 0.2) is 9.84 Å². The molecule has 0 aromatic rings. The van der Waals surface area contributed by atoms with Gasteiger partial charge in [0, 0.05) is 18.6 Å². The molecule has 0 aliphatic carbocycles. The van der Waals surface area contributed by atoms with Gasteiger partial charge in [-0.05, 0) is 25.3 Å². The van der Waals surface area contributed by atoms with E-state index in [-0.39, 0.29) is 23.6 Å². The fourth-order valence-corrected chi connectivity index (χ4v) is 4.68. The van der Waals surface area contributed by atoms with Gasteiger partial charge in [-0.3, -0.25) is 4.90 Å². The molecule has 0 radical (unpaired) electrons. The summed E-state index contributed by atoms with van der Waals surface area (Å²) in [6.07, 6.45) is 2.43. The van der Waals surface area contributed by atoms with Crippen molar-refractivity contribution in [2.45, 2.75) is 31.8 Å². The summed E-state index contributed by atoms with van der Waals surface area (Å²) >= 11 is 0. The Bertz CT molecular complexity index is 328. The second-order valence-corrected chi connectivity index (χ2v) is 7.20. The lowest BCUT2D eigenvalue weighted by Gasteiger charge is -2.36. The van der Waals surface area contributed by atoms with E-state index in [2.05, 4.69) is 11.8 Å². The molecule has 2 heterocycles. The number of sulfone groups is 1. The summed E-state index contributed by atoms with van der Waals surface area (Å²) in [5.41, 5.74) is 5.91. The Balaban J connectivity index is 2.04. The zero-order valence-electron chi connectivity index (χ0n) is 9.22. The molecular weight excluding hydrogens is 212 g/mol. The van der Waals surface area contributed by atoms with Crippen molar-refractivity contribution in [2.24, 2.45) is 11.7 Å². The average Bonchev–Trinajstić information content (AvgIpc) is 2.40. The Morgan fingerprint density at radius 2 is 2.07 bits per heavy atom. The quantitative estimate of drug-likeness (QED) is 0.682. The predicted octanol–water partition coefficient (Wildman–Crippen LogP) is -0.157. The molecule has 2 aliphatic heterocycles. The minimum atomic E-state index is -2.88. The van der Waals surface area contributed by atoms with Gasteiger partial charge in [0.1, 0.15) is 0 Å². The number of hydrogen-bond acceptors (Lipinski definition) is 4. The van der Waals surface area contributed by atoms with E-state index in [9.17, 15) is 8.42 Å². The first-order chi connectivity index (χ1) is 6.98. The third-order valence-electron chi connectivity index (χ3n) is 3.52.